The number of carbonyl (C=O) groups excluding carboxylic acids is 1. The average molecular weight is 496 g/mol. The quantitative estimate of drug-likeness (QED) is 0.284. The lowest BCUT2D eigenvalue weighted by molar-refractivity contribution is -0.120. The molecular weight excluding hydrogens is 458 g/mol. The van der Waals surface area contributed by atoms with Crippen LogP contribution >= 0.6 is 0 Å². The normalized spacial score (nSPS) is 21.3. The van der Waals surface area contributed by atoms with Crippen molar-refractivity contribution in [2.24, 2.45) is 5.41 Å². The maximum atomic E-state index is 11.7. The van der Waals surface area contributed by atoms with Crippen molar-refractivity contribution >= 4 is 16.9 Å². The summed E-state index contributed by atoms with van der Waals surface area (Å²) in [7, 11) is 0. The van der Waals surface area contributed by atoms with Crippen LogP contribution in [0.15, 0.2) is 42.5 Å². The lowest BCUT2D eigenvalue weighted by Crippen LogP contribution is -2.46. The van der Waals surface area contributed by atoms with Crippen molar-refractivity contribution in [2.75, 3.05) is 13.2 Å². The third kappa shape index (κ3) is 4.82. The molecule has 1 heterocycles. The van der Waals surface area contributed by atoms with E-state index in [1.54, 1.807) is 0 Å². The van der Waals surface area contributed by atoms with Crippen molar-refractivity contribution in [3.05, 3.63) is 53.7 Å². The summed E-state index contributed by atoms with van der Waals surface area (Å²) in [5.41, 5.74) is 6.73. The Bertz CT molecular complexity index is 1360. The standard InChI is InChI=1S/C32H37N3O2/c1-5-19-33-27(36)14-7-6-10-20-37-22-15-16-24-23(21-22)28-29(35-26-13-9-8-12-25(26)34-28)30-31(2,3)17-11-18-32(24,30)4/h1,8-9,12-13,15-16,21,30H,6-7,10-11,14,17-20H2,2-4H3,(H,33,36). The SMILES string of the molecule is C#CCNC(=O)CCCCCOc1ccc2c(c1)-c1nc3ccccc3nc1C1C(C)(C)CCCC21C. The first-order valence-electron chi connectivity index (χ1n) is 13.6. The molecule has 5 heteroatoms. The highest BCUT2D eigenvalue weighted by atomic mass is 16.5. The van der Waals surface area contributed by atoms with Crippen LogP contribution in [0.1, 0.15) is 82.9 Å². The summed E-state index contributed by atoms with van der Waals surface area (Å²) in [5, 5.41) is 2.71. The molecule has 2 aliphatic rings. The summed E-state index contributed by atoms with van der Waals surface area (Å²) in [6, 6.07) is 14.8. The molecule has 1 fully saturated rings. The number of aromatic nitrogens is 2. The van der Waals surface area contributed by atoms with Gasteiger partial charge < -0.3 is 10.1 Å². The minimum atomic E-state index is 0.0125. The second-order valence-corrected chi connectivity index (χ2v) is 11.5. The van der Waals surface area contributed by atoms with Gasteiger partial charge in [-0.2, -0.15) is 0 Å². The first-order valence-corrected chi connectivity index (χ1v) is 13.6. The van der Waals surface area contributed by atoms with Crippen LogP contribution in [0.4, 0.5) is 0 Å². The summed E-state index contributed by atoms with van der Waals surface area (Å²) < 4.78 is 6.18. The number of unbranched alkanes of at least 4 members (excludes halogenated alkanes) is 2. The van der Waals surface area contributed by atoms with Gasteiger partial charge in [0.1, 0.15) is 5.75 Å². The van der Waals surface area contributed by atoms with E-state index in [2.05, 4.69) is 62.3 Å². The molecule has 1 amide bonds. The lowest BCUT2D eigenvalue weighted by Gasteiger charge is -2.53. The Kier molecular flexibility index (Phi) is 6.94. The Labute approximate surface area is 220 Å². The highest BCUT2D eigenvalue weighted by Crippen LogP contribution is 2.62. The predicted molar refractivity (Wildman–Crippen MR) is 149 cm³/mol. The van der Waals surface area contributed by atoms with Gasteiger partial charge in [0, 0.05) is 23.3 Å². The van der Waals surface area contributed by atoms with Crippen LogP contribution in [0, 0.1) is 17.8 Å². The second-order valence-electron chi connectivity index (χ2n) is 11.5. The van der Waals surface area contributed by atoms with Crippen LogP contribution in [-0.2, 0) is 10.2 Å². The van der Waals surface area contributed by atoms with Crippen molar-refractivity contribution in [3.8, 4) is 29.4 Å². The molecule has 3 aromatic rings. The highest BCUT2D eigenvalue weighted by molar-refractivity contribution is 5.82. The van der Waals surface area contributed by atoms with Crippen LogP contribution < -0.4 is 10.1 Å². The molecule has 5 nitrogen and oxygen atoms in total. The number of carbonyl (C=O) groups is 1. The fraction of sp³-hybridized carbons (Fsp3) is 0.469. The number of nitrogens with zero attached hydrogens (tertiary/aromatic N) is 2. The molecular formula is C32H37N3O2. The molecule has 1 aromatic heterocycles. The lowest BCUT2D eigenvalue weighted by atomic mass is 9.50. The van der Waals surface area contributed by atoms with Gasteiger partial charge in [-0.3, -0.25) is 4.79 Å². The van der Waals surface area contributed by atoms with E-state index in [0.717, 1.165) is 59.4 Å². The molecule has 0 radical (unpaired) electrons. The van der Waals surface area contributed by atoms with E-state index in [9.17, 15) is 4.79 Å². The molecule has 2 aliphatic carbocycles. The Hall–Kier alpha value is -3.39. The third-order valence-corrected chi connectivity index (χ3v) is 8.37. The van der Waals surface area contributed by atoms with Gasteiger partial charge in [-0.05, 0) is 67.3 Å². The minimum absolute atomic E-state index is 0.0125. The average Bonchev–Trinajstić information content (AvgIpc) is 2.88. The number of para-hydroxylation sites is 2. The Morgan fingerprint density at radius 2 is 1.86 bits per heavy atom. The Morgan fingerprint density at radius 3 is 2.65 bits per heavy atom. The first-order chi connectivity index (χ1) is 17.8. The van der Waals surface area contributed by atoms with Crippen molar-refractivity contribution in [3.63, 3.8) is 0 Å². The van der Waals surface area contributed by atoms with E-state index >= 15 is 0 Å². The molecule has 0 bridgehead atoms. The maximum absolute atomic E-state index is 11.7. The third-order valence-electron chi connectivity index (χ3n) is 8.37. The molecule has 0 saturated heterocycles. The van der Waals surface area contributed by atoms with E-state index < -0.39 is 0 Å². The van der Waals surface area contributed by atoms with Crippen LogP contribution in [0.3, 0.4) is 0 Å². The molecule has 2 unspecified atom stereocenters. The number of ether oxygens (including phenoxy) is 1. The topological polar surface area (TPSA) is 64.1 Å². The van der Waals surface area contributed by atoms with Crippen LogP contribution in [0.25, 0.3) is 22.3 Å². The molecule has 1 saturated carbocycles. The molecule has 2 atom stereocenters. The van der Waals surface area contributed by atoms with Crippen molar-refractivity contribution < 1.29 is 9.53 Å². The van der Waals surface area contributed by atoms with Crippen molar-refractivity contribution in [1.29, 1.82) is 0 Å². The van der Waals surface area contributed by atoms with Gasteiger partial charge in [-0.25, -0.2) is 9.97 Å². The zero-order valence-corrected chi connectivity index (χ0v) is 22.3. The predicted octanol–water partition coefficient (Wildman–Crippen LogP) is 6.55. The summed E-state index contributed by atoms with van der Waals surface area (Å²) >= 11 is 0. The van der Waals surface area contributed by atoms with E-state index in [1.165, 1.54) is 18.4 Å². The van der Waals surface area contributed by atoms with Crippen molar-refractivity contribution in [2.45, 2.75) is 77.0 Å². The zero-order valence-electron chi connectivity index (χ0n) is 22.3. The molecule has 192 valence electrons. The summed E-state index contributed by atoms with van der Waals surface area (Å²) in [6.07, 6.45) is 11.9. The van der Waals surface area contributed by atoms with Gasteiger partial charge in [0.15, 0.2) is 0 Å². The van der Waals surface area contributed by atoms with Gasteiger partial charge >= 0.3 is 0 Å². The van der Waals surface area contributed by atoms with Gasteiger partial charge in [0.25, 0.3) is 0 Å². The number of nitrogens with one attached hydrogen (secondary N) is 1. The summed E-state index contributed by atoms with van der Waals surface area (Å²) in [4.78, 5) is 22.1. The number of terminal acetylenes is 1. The number of fused-ring (bicyclic) bond motifs is 7. The molecule has 1 N–H and O–H groups in total. The zero-order chi connectivity index (χ0) is 26.0. The fourth-order valence-electron chi connectivity index (χ4n) is 6.74. The van der Waals surface area contributed by atoms with E-state index in [1.807, 2.05) is 12.1 Å². The number of rotatable bonds is 8. The minimum Gasteiger partial charge on any atom is -0.494 e. The smallest absolute Gasteiger partial charge is 0.220 e. The Balaban J connectivity index is 1.39. The second kappa shape index (κ2) is 10.2. The van der Waals surface area contributed by atoms with Gasteiger partial charge in [0.2, 0.25) is 5.91 Å². The molecule has 37 heavy (non-hydrogen) atoms. The summed E-state index contributed by atoms with van der Waals surface area (Å²) in [6.45, 7) is 8.14. The fourth-order valence-corrected chi connectivity index (χ4v) is 6.74. The van der Waals surface area contributed by atoms with Gasteiger partial charge in [0.05, 0.1) is 35.6 Å². The molecule has 0 spiro atoms. The van der Waals surface area contributed by atoms with E-state index in [4.69, 9.17) is 21.1 Å². The maximum Gasteiger partial charge on any atom is 0.220 e. The monoisotopic (exact) mass is 495 g/mol. The van der Waals surface area contributed by atoms with Crippen LogP contribution in [0.5, 0.6) is 5.75 Å². The summed E-state index contributed by atoms with van der Waals surface area (Å²) in [5.74, 6) is 3.62. The van der Waals surface area contributed by atoms with Crippen LogP contribution in [0.2, 0.25) is 0 Å². The largest absolute Gasteiger partial charge is 0.494 e. The molecule has 0 aliphatic heterocycles. The van der Waals surface area contributed by atoms with Gasteiger partial charge in [-0.15, -0.1) is 6.42 Å². The van der Waals surface area contributed by atoms with Crippen molar-refractivity contribution in [1.82, 2.24) is 15.3 Å². The number of hydrogen-bond donors (Lipinski definition) is 1. The number of hydrogen-bond acceptors (Lipinski definition) is 4. The first kappa shape index (κ1) is 25.3. The number of benzene rings is 2. The number of amides is 1. The molecule has 2 aromatic carbocycles. The van der Waals surface area contributed by atoms with E-state index in [0.29, 0.717) is 25.5 Å². The van der Waals surface area contributed by atoms with Crippen LogP contribution in [-0.4, -0.2) is 29.0 Å². The Morgan fingerprint density at radius 1 is 1.08 bits per heavy atom. The van der Waals surface area contributed by atoms with Gasteiger partial charge in [-0.1, -0.05) is 51.3 Å². The van der Waals surface area contributed by atoms with E-state index in [-0.39, 0.29) is 16.7 Å². The highest BCUT2D eigenvalue weighted by Gasteiger charge is 2.53. The molecule has 5 rings (SSSR count).